The zero-order valence-corrected chi connectivity index (χ0v) is 18.8. The second-order valence-electron chi connectivity index (χ2n) is 7.10. The molecule has 0 saturated carbocycles. The van der Waals surface area contributed by atoms with Crippen LogP contribution >= 0.6 is 11.8 Å². The number of ketones is 1. The van der Waals surface area contributed by atoms with Gasteiger partial charge < -0.3 is 9.47 Å². The number of rotatable bonds is 9. The van der Waals surface area contributed by atoms with Gasteiger partial charge in [0, 0.05) is 24.3 Å². The summed E-state index contributed by atoms with van der Waals surface area (Å²) in [5, 5.41) is 0.722. The average Bonchev–Trinajstić information content (AvgIpc) is 2.78. The Bertz CT molecular complexity index is 910. The van der Waals surface area contributed by atoms with Gasteiger partial charge in [0.2, 0.25) is 5.91 Å². The molecule has 1 amide bonds. The highest BCUT2D eigenvalue weighted by Gasteiger charge is 2.23. The van der Waals surface area contributed by atoms with Crippen LogP contribution in [0.15, 0.2) is 53.5 Å². The molecule has 0 unspecified atom stereocenters. The zero-order chi connectivity index (χ0) is 22.1. The minimum Gasteiger partial charge on any atom is -0.494 e. The number of benzene rings is 2. The molecule has 2 aromatic rings. The van der Waals surface area contributed by atoms with E-state index in [1.807, 2.05) is 43.3 Å². The van der Waals surface area contributed by atoms with Gasteiger partial charge in [-0.25, -0.2) is 4.99 Å². The van der Waals surface area contributed by atoms with Crippen molar-refractivity contribution >= 4 is 34.3 Å². The lowest BCUT2D eigenvalue weighted by atomic mass is 10.1. The van der Waals surface area contributed by atoms with Gasteiger partial charge in [-0.3, -0.25) is 14.5 Å². The third kappa shape index (κ3) is 6.85. The summed E-state index contributed by atoms with van der Waals surface area (Å²) in [7, 11) is 0. The highest BCUT2D eigenvalue weighted by molar-refractivity contribution is 8.13. The van der Waals surface area contributed by atoms with Crippen molar-refractivity contribution in [3.8, 4) is 11.5 Å². The molecule has 0 aliphatic carbocycles. The largest absolute Gasteiger partial charge is 0.494 e. The summed E-state index contributed by atoms with van der Waals surface area (Å²) in [4.78, 5) is 30.6. The van der Waals surface area contributed by atoms with E-state index in [1.54, 1.807) is 28.8 Å². The summed E-state index contributed by atoms with van der Waals surface area (Å²) in [6, 6.07) is 14.6. The van der Waals surface area contributed by atoms with E-state index in [-0.39, 0.29) is 11.7 Å². The third-order valence-corrected chi connectivity index (χ3v) is 5.79. The summed E-state index contributed by atoms with van der Waals surface area (Å²) in [5.41, 5.74) is 1.40. The zero-order valence-electron chi connectivity index (χ0n) is 18.0. The number of hydrogen-bond donors (Lipinski definition) is 0. The van der Waals surface area contributed by atoms with Crippen LogP contribution < -0.4 is 9.47 Å². The minimum atomic E-state index is 0.0236. The van der Waals surface area contributed by atoms with Crippen LogP contribution in [0.2, 0.25) is 0 Å². The molecule has 0 N–H and O–H groups in total. The second kappa shape index (κ2) is 11.6. The second-order valence-corrected chi connectivity index (χ2v) is 8.16. The van der Waals surface area contributed by atoms with Crippen LogP contribution in [0.25, 0.3) is 0 Å². The monoisotopic (exact) mass is 440 g/mol. The SMILES string of the molecule is CCOc1ccc(OCCCC(=O)N2CCCSC2=Nc2ccc(C(C)=O)cc2)cc1. The fourth-order valence-corrected chi connectivity index (χ4v) is 4.09. The molecule has 0 aromatic heterocycles. The number of carbonyl (C=O) groups is 2. The van der Waals surface area contributed by atoms with Crippen molar-refractivity contribution in [3.63, 3.8) is 0 Å². The Morgan fingerprint density at radius 1 is 1.03 bits per heavy atom. The molecule has 31 heavy (non-hydrogen) atoms. The first-order valence-electron chi connectivity index (χ1n) is 10.6. The summed E-state index contributed by atoms with van der Waals surface area (Å²) in [6.45, 7) is 5.27. The summed E-state index contributed by atoms with van der Waals surface area (Å²) < 4.78 is 11.2. The van der Waals surface area contributed by atoms with E-state index in [9.17, 15) is 9.59 Å². The summed E-state index contributed by atoms with van der Waals surface area (Å²) in [6.07, 6.45) is 1.98. The van der Waals surface area contributed by atoms with Gasteiger partial charge in [-0.05, 0) is 75.2 Å². The van der Waals surface area contributed by atoms with Gasteiger partial charge in [0.1, 0.15) is 11.5 Å². The first-order chi connectivity index (χ1) is 15.1. The molecule has 0 atom stereocenters. The topological polar surface area (TPSA) is 68.2 Å². The molecule has 1 fully saturated rings. The first-order valence-corrected chi connectivity index (χ1v) is 11.5. The number of amidine groups is 1. The number of nitrogens with zero attached hydrogens (tertiary/aromatic N) is 2. The van der Waals surface area contributed by atoms with E-state index in [4.69, 9.17) is 9.47 Å². The van der Waals surface area contributed by atoms with Crippen molar-refractivity contribution in [2.24, 2.45) is 4.99 Å². The number of aliphatic imine (C=N–C) groups is 1. The van der Waals surface area contributed by atoms with Gasteiger partial charge in [-0.2, -0.15) is 0 Å². The maximum absolute atomic E-state index is 12.8. The van der Waals surface area contributed by atoms with Crippen LogP contribution in [0, 0.1) is 0 Å². The molecule has 6 nitrogen and oxygen atoms in total. The van der Waals surface area contributed by atoms with Crippen LogP contribution in [-0.2, 0) is 4.79 Å². The molecule has 7 heteroatoms. The van der Waals surface area contributed by atoms with Crippen molar-refractivity contribution in [1.82, 2.24) is 4.90 Å². The number of thioether (sulfide) groups is 1. The van der Waals surface area contributed by atoms with E-state index in [0.717, 1.165) is 34.5 Å². The van der Waals surface area contributed by atoms with Crippen LogP contribution in [0.4, 0.5) is 5.69 Å². The molecule has 1 aliphatic rings. The van der Waals surface area contributed by atoms with Crippen LogP contribution in [0.5, 0.6) is 11.5 Å². The maximum atomic E-state index is 12.8. The molecular weight excluding hydrogens is 412 g/mol. The Hall–Kier alpha value is -2.80. The van der Waals surface area contributed by atoms with Crippen molar-refractivity contribution in [1.29, 1.82) is 0 Å². The van der Waals surface area contributed by atoms with Gasteiger partial charge in [-0.15, -0.1) is 0 Å². The van der Waals surface area contributed by atoms with E-state index in [0.29, 0.717) is 38.2 Å². The molecule has 1 aliphatic heterocycles. The molecule has 2 aromatic carbocycles. The molecular formula is C24H28N2O4S. The van der Waals surface area contributed by atoms with Crippen molar-refractivity contribution in [3.05, 3.63) is 54.1 Å². The summed E-state index contributed by atoms with van der Waals surface area (Å²) >= 11 is 1.59. The molecule has 0 radical (unpaired) electrons. The fraction of sp³-hybridized carbons (Fsp3) is 0.375. The standard InChI is InChI=1S/C24H28N2O4S/c1-3-29-21-11-13-22(14-12-21)30-16-4-6-23(28)26-15-5-17-31-24(26)25-20-9-7-19(8-10-20)18(2)27/h7-14H,3-6,15-17H2,1-2H3. The number of Topliss-reactive ketones (excluding diaryl/α,β-unsaturated/α-hetero) is 1. The van der Waals surface area contributed by atoms with Crippen molar-refractivity contribution in [2.75, 3.05) is 25.5 Å². The lowest BCUT2D eigenvalue weighted by molar-refractivity contribution is -0.127. The Kier molecular flexibility index (Phi) is 8.53. The normalized spacial score (nSPS) is 15.0. The lowest BCUT2D eigenvalue weighted by Crippen LogP contribution is -2.39. The van der Waals surface area contributed by atoms with Gasteiger partial charge in [-0.1, -0.05) is 11.8 Å². The number of hydrogen-bond acceptors (Lipinski definition) is 6. The highest BCUT2D eigenvalue weighted by Crippen LogP contribution is 2.24. The van der Waals surface area contributed by atoms with Gasteiger partial charge >= 0.3 is 0 Å². The third-order valence-electron chi connectivity index (χ3n) is 4.73. The fourth-order valence-electron chi connectivity index (χ4n) is 3.11. The highest BCUT2D eigenvalue weighted by atomic mass is 32.2. The number of amides is 1. The summed E-state index contributed by atoms with van der Waals surface area (Å²) in [5.74, 6) is 2.60. The molecule has 1 heterocycles. The lowest BCUT2D eigenvalue weighted by Gasteiger charge is -2.27. The van der Waals surface area contributed by atoms with Gasteiger partial charge in [0.15, 0.2) is 11.0 Å². The van der Waals surface area contributed by atoms with E-state index >= 15 is 0 Å². The molecule has 3 rings (SSSR count). The van der Waals surface area contributed by atoms with E-state index < -0.39 is 0 Å². The molecule has 164 valence electrons. The maximum Gasteiger partial charge on any atom is 0.228 e. The Morgan fingerprint density at radius 2 is 1.71 bits per heavy atom. The van der Waals surface area contributed by atoms with Crippen molar-refractivity contribution < 1.29 is 19.1 Å². The number of ether oxygens (including phenoxy) is 2. The van der Waals surface area contributed by atoms with Gasteiger partial charge in [0.05, 0.1) is 18.9 Å². The van der Waals surface area contributed by atoms with Gasteiger partial charge in [0.25, 0.3) is 0 Å². The Labute approximate surface area is 187 Å². The predicted octanol–water partition coefficient (Wildman–Crippen LogP) is 5.10. The first kappa shape index (κ1) is 22.9. The van der Waals surface area contributed by atoms with Crippen LogP contribution in [0.3, 0.4) is 0 Å². The Morgan fingerprint density at radius 3 is 2.35 bits per heavy atom. The minimum absolute atomic E-state index is 0.0236. The molecule has 1 saturated heterocycles. The van der Waals surface area contributed by atoms with Crippen LogP contribution in [0.1, 0.15) is 43.5 Å². The van der Waals surface area contributed by atoms with Crippen molar-refractivity contribution in [2.45, 2.75) is 33.1 Å². The average molecular weight is 441 g/mol. The number of carbonyl (C=O) groups excluding carboxylic acids is 2. The Balaban J connectivity index is 1.52. The van der Waals surface area contributed by atoms with E-state index in [1.165, 1.54) is 6.92 Å². The quantitative estimate of drug-likeness (QED) is 0.401. The smallest absolute Gasteiger partial charge is 0.228 e. The molecule has 0 bridgehead atoms. The van der Waals surface area contributed by atoms with Crippen LogP contribution in [-0.4, -0.2) is 47.3 Å². The molecule has 0 spiro atoms. The van der Waals surface area contributed by atoms with E-state index in [2.05, 4.69) is 4.99 Å². The predicted molar refractivity (Wildman–Crippen MR) is 125 cm³/mol.